The number of ether oxygens (including phenoxy) is 4. The van der Waals surface area contributed by atoms with Gasteiger partial charge in [-0.2, -0.15) is 0 Å². The minimum atomic E-state index is -4.96. The van der Waals surface area contributed by atoms with Crippen LogP contribution in [0.2, 0.25) is 0 Å². The second-order valence-electron chi connectivity index (χ2n) is 28.7. The van der Waals surface area contributed by atoms with Crippen molar-refractivity contribution in [1.82, 2.24) is 0 Å². The Hall–Kier alpha value is -1.94. The molecule has 0 aliphatic rings. The fourth-order valence-electron chi connectivity index (χ4n) is 11.7. The van der Waals surface area contributed by atoms with Gasteiger partial charge in [-0.1, -0.05) is 344 Å². The smallest absolute Gasteiger partial charge is 0.462 e. The molecule has 0 aromatic rings. The molecular weight excluding hydrogens is 1260 g/mol. The molecule has 0 aromatic heterocycles. The van der Waals surface area contributed by atoms with Crippen molar-refractivity contribution in [2.45, 2.75) is 414 Å². The Morgan fingerprint density at radius 1 is 0.302 bits per heavy atom. The van der Waals surface area contributed by atoms with Crippen molar-refractivity contribution in [2.24, 2.45) is 17.8 Å². The average Bonchev–Trinajstić information content (AvgIpc) is 1.32. The molecular formula is C77H150O17P2. The van der Waals surface area contributed by atoms with Crippen LogP contribution in [-0.4, -0.2) is 96.7 Å². The van der Waals surface area contributed by atoms with Gasteiger partial charge in [0.2, 0.25) is 0 Å². The topological polar surface area (TPSA) is 237 Å². The van der Waals surface area contributed by atoms with Gasteiger partial charge < -0.3 is 33.8 Å². The molecule has 19 heteroatoms. The molecule has 0 radical (unpaired) electrons. The first kappa shape index (κ1) is 94.1. The molecule has 17 nitrogen and oxygen atoms in total. The number of carbonyl (C=O) groups is 4. The molecule has 0 bridgehead atoms. The number of aliphatic hydroxyl groups is 1. The second kappa shape index (κ2) is 67.5. The first-order valence-corrected chi connectivity index (χ1v) is 42.9. The molecule has 0 saturated heterocycles. The molecule has 0 rings (SSSR count). The number of phosphoric acid groups is 2. The van der Waals surface area contributed by atoms with E-state index in [1.165, 1.54) is 199 Å². The van der Waals surface area contributed by atoms with Gasteiger partial charge >= 0.3 is 39.5 Å². The number of hydrogen-bond donors (Lipinski definition) is 3. The van der Waals surface area contributed by atoms with Crippen molar-refractivity contribution >= 4 is 39.5 Å². The zero-order chi connectivity index (χ0) is 70.9. The maximum atomic E-state index is 13.1. The lowest BCUT2D eigenvalue weighted by Crippen LogP contribution is -2.30. The first-order chi connectivity index (χ1) is 46.3. The van der Waals surface area contributed by atoms with Crippen LogP contribution >= 0.6 is 15.6 Å². The molecule has 3 N–H and O–H groups in total. The molecule has 4 unspecified atom stereocenters. The highest BCUT2D eigenvalue weighted by Crippen LogP contribution is 2.45. The number of phosphoric ester groups is 2. The number of aliphatic hydroxyl groups excluding tert-OH is 1. The van der Waals surface area contributed by atoms with E-state index in [0.29, 0.717) is 31.6 Å². The number of hydrogen-bond acceptors (Lipinski definition) is 15. The largest absolute Gasteiger partial charge is 0.472 e. The van der Waals surface area contributed by atoms with Crippen LogP contribution in [-0.2, 0) is 65.4 Å². The summed E-state index contributed by atoms with van der Waals surface area (Å²) in [7, 11) is -9.91. The summed E-state index contributed by atoms with van der Waals surface area (Å²) in [6, 6.07) is 0. The van der Waals surface area contributed by atoms with Gasteiger partial charge in [0.25, 0.3) is 0 Å². The van der Waals surface area contributed by atoms with E-state index in [9.17, 15) is 43.2 Å². The summed E-state index contributed by atoms with van der Waals surface area (Å²) in [4.78, 5) is 72.8. The van der Waals surface area contributed by atoms with Crippen LogP contribution in [0.15, 0.2) is 0 Å². The van der Waals surface area contributed by atoms with Crippen molar-refractivity contribution in [3.05, 3.63) is 0 Å². The molecule has 570 valence electrons. The molecule has 0 aliphatic heterocycles. The third-order valence-corrected chi connectivity index (χ3v) is 20.5. The molecule has 0 fully saturated rings. The first-order valence-electron chi connectivity index (χ1n) is 39.9. The lowest BCUT2D eigenvalue weighted by Gasteiger charge is -2.21. The molecule has 0 saturated carbocycles. The van der Waals surface area contributed by atoms with Crippen molar-refractivity contribution < 1.29 is 80.2 Å². The summed E-state index contributed by atoms with van der Waals surface area (Å²) >= 11 is 0. The van der Waals surface area contributed by atoms with E-state index < -0.39 is 97.5 Å². The van der Waals surface area contributed by atoms with Crippen LogP contribution < -0.4 is 0 Å². The fourth-order valence-corrected chi connectivity index (χ4v) is 13.3. The van der Waals surface area contributed by atoms with Gasteiger partial charge in [-0.15, -0.1) is 0 Å². The number of carbonyl (C=O) groups excluding carboxylic acids is 4. The predicted molar refractivity (Wildman–Crippen MR) is 391 cm³/mol. The van der Waals surface area contributed by atoms with Crippen LogP contribution in [0.3, 0.4) is 0 Å². The van der Waals surface area contributed by atoms with E-state index in [-0.39, 0.29) is 25.7 Å². The highest BCUT2D eigenvalue weighted by Gasteiger charge is 2.30. The van der Waals surface area contributed by atoms with Crippen molar-refractivity contribution in [1.29, 1.82) is 0 Å². The summed E-state index contributed by atoms with van der Waals surface area (Å²) in [5.41, 5.74) is 0. The lowest BCUT2D eigenvalue weighted by atomic mass is 9.99. The minimum absolute atomic E-state index is 0.104. The summed E-state index contributed by atoms with van der Waals surface area (Å²) in [5.74, 6) is 0.202. The third kappa shape index (κ3) is 67.9. The Balaban J connectivity index is 5.25. The van der Waals surface area contributed by atoms with Gasteiger partial charge in [0.05, 0.1) is 26.4 Å². The summed E-state index contributed by atoms with van der Waals surface area (Å²) in [6.07, 6.45) is 54.1. The highest BCUT2D eigenvalue weighted by molar-refractivity contribution is 7.47. The standard InChI is InChI=1S/C77H150O17P2/c1-8-11-12-13-14-15-16-17-18-19-23-26-29-37-44-51-58-74(79)87-64-72(93-76(81)60-53-46-38-30-27-24-21-20-22-25-28-35-42-49-56-69(6)9-2)66-91-95(83,84)89-62-71(78)63-90-96(85,86)92-67-73(65-88-75(80)59-52-45-40-33-34-41-48-55-68(4)5)94-77(82)61-54-47-39-32-31-36-43-50-57-70(7)10-3/h68-73,78H,8-67H2,1-7H3,(H,83,84)(H,85,86)/t69?,70?,71-,72-,73-/m1/s1. The lowest BCUT2D eigenvalue weighted by molar-refractivity contribution is -0.161. The Morgan fingerprint density at radius 3 is 0.792 bits per heavy atom. The van der Waals surface area contributed by atoms with Gasteiger partial charge in [-0.25, -0.2) is 9.13 Å². The number of unbranched alkanes of at least 4 members (excludes halogenated alkanes) is 41. The second-order valence-corrected chi connectivity index (χ2v) is 31.6. The van der Waals surface area contributed by atoms with Gasteiger partial charge in [0.15, 0.2) is 12.2 Å². The Morgan fingerprint density at radius 2 is 0.531 bits per heavy atom. The maximum Gasteiger partial charge on any atom is 0.472 e. The molecule has 96 heavy (non-hydrogen) atoms. The quantitative estimate of drug-likeness (QED) is 0.0222. The van der Waals surface area contributed by atoms with Crippen molar-refractivity contribution in [2.75, 3.05) is 39.6 Å². The van der Waals surface area contributed by atoms with E-state index in [1.807, 2.05) is 0 Å². The van der Waals surface area contributed by atoms with Gasteiger partial charge in [-0.3, -0.25) is 37.3 Å². The van der Waals surface area contributed by atoms with Gasteiger partial charge in [-0.05, 0) is 43.4 Å². The van der Waals surface area contributed by atoms with Gasteiger partial charge in [0.1, 0.15) is 19.3 Å². The molecule has 0 amide bonds. The average molecular weight is 1410 g/mol. The van der Waals surface area contributed by atoms with E-state index in [1.54, 1.807) is 0 Å². The van der Waals surface area contributed by atoms with Crippen LogP contribution in [0.1, 0.15) is 395 Å². The van der Waals surface area contributed by atoms with Crippen LogP contribution in [0.5, 0.6) is 0 Å². The SMILES string of the molecule is CCCCCCCCCCCCCCCCCCC(=O)OC[C@H](COP(=O)(O)OC[C@@H](O)COP(=O)(O)OC[C@@H](COC(=O)CCCCCCCCCC(C)C)OC(=O)CCCCCCCCCCC(C)CC)OC(=O)CCCCCCCCCCCCCCCCC(C)CC. The van der Waals surface area contributed by atoms with Crippen molar-refractivity contribution in [3.8, 4) is 0 Å². The summed E-state index contributed by atoms with van der Waals surface area (Å²) in [6.45, 7) is 11.9. The predicted octanol–water partition coefficient (Wildman–Crippen LogP) is 22.6. The van der Waals surface area contributed by atoms with Crippen LogP contribution in [0, 0.1) is 17.8 Å². The molecule has 0 heterocycles. The minimum Gasteiger partial charge on any atom is -0.462 e. The third-order valence-electron chi connectivity index (χ3n) is 18.6. The van der Waals surface area contributed by atoms with E-state index >= 15 is 0 Å². The van der Waals surface area contributed by atoms with Crippen molar-refractivity contribution in [3.63, 3.8) is 0 Å². The molecule has 7 atom stereocenters. The Kier molecular flexibility index (Phi) is 66.2. The monoisotopic (exact) mass is 1410 g/mol. The van der Waals surface area contributed by atoms with Crippen LogP contribution in [0.4, 0.5) is 0 Å². The Labute approximate surface area is 588 Å². The van der Waals surface area contributed by atoms with E-state index in [2.05, 4.69) is 48.5 Å². The summed E-state index contributed by atoms with van der Waals surface area (Å²) in [5, 5.41) is 10.6. The number of rotatable bonds is 75. The highest BCUT2D eigenvalue weighted by atomic mass is 31.2. The Bertz CT molecular complexity index is 1870. The van der Waals surface area contributed by atoms with E-state index in [4.69, 9.17) is 37.0 Å². The maximum absolute atomic E-state index is 13.1. The molecule has 0 spiro atoms. The number of esters is 4. The normalized spacial score (nSPS) is 14.6. The van der Waals surface area contributed by atoms with Crippen LogP contribution in [0.25, 0.3) is 0 Å². The van der Waals surface area contributed by atoms with E-state index in [0.717, 1.165) is 108 Å². The van der Waals surface area contributed by atoms with Gasteiger partial charge in [0, 0.05) is 25.7 Å². The molecule has 0 aromatic carbocycles. The zero-order valence-electron chi connectivity index (χ0n) is 62.8. The zero-order valence-corrected chi connectivity index (χ0v) is 64.6. The fraction of sp³-hybridized carbons (Fsp3) is 0.948. The summed E-state index contributed by atoms with van der Waals surface area (Å²) < 4.78 is 68.6. The molecule has 0 aliphatic carbocycles.